The number of fused-ring (bicyclic) bond motifs is 1. The first kappa shape index (κ1) is 17.7. The summed E-state index contributed by atoms with van der Waals surface area (Å²) in [6.07, 6.45) is 4.93. The molecule has 0 radical (unpaired) electrons. The van der Waals surface area contributed by atoms with E-state index in [9.17, 15) is 4.79 Å². The zero-order valence-corrected chi connectivity index (χ0v) is 15.9. The Hall–Kier alpha value is -2.09. The molecule has 132 valence electrons. The molecule has 1 unspecified atom stereocenters. The first-order valence-electron chi connectivity index (χ1n) is 9.38. The molecule has 2 nitrogen and oxygen atoms in total. The minimum absolute atomic E-state index is 0.00863. The van der Waals surface area contributed by atoms with Crippen molar-refractivity contribution in [3.63, 3.8) is 0 Å². The van der Waals surface area contributed by atoms with Gasteiger partial charge in [-0.25, -0.2) is 0 Å². The Balaban J connectivity index is 1.70. The SMILES string of the molecule is CC(NC(=O)c1ccc(C(C)(C)C)cc1)c1ccc2c(c1)CCCC2. The van der Waals surface area contributed by atoms with Gasteiger partial charge in [-0.05, 0) is 72.4 Å². The third-order valence-corrected chi connectivity index (χ3v) is 5.23. The van der Waals surface area contributed by atoms with Crippen LogP contribution >= 0.6 is 0 Å². The summed E-state index contributed by atoms with van der Waals surface area (Å²) in [5.41, 5.74) is 6.20. The van der Waals surface area contributed by atoms with Crippen molar-refractivity contribution in [1.29, 1.82) is 0 Å². The minimum Gasteiger partial charge on any atom is -0.346 e. The van der Waals surface area contributed by atoms with Crippen LogP contribution in [-0.4, -0.2) is 5.91 Å². The number of rotatable bonds is 3. The van der Waals surface area contributed by atoms with Crippen molar-refractivity contribution >= 4 is 5.91 Å². The number of carbonyl (C=O) groups is 1. The third-order valence-electron chi connectivity index (χ3n) is 5.23. The Bertz CT molecular complexity index is 753. The van der Waals surface area contributed by atoms with E-state index in [-0.39, 0.29) is 17.4 Å². The van der Waals surface area contributed by atoms with Gasteiger partial charge in [0.05, 0.1) is 6.04 Å². The van der Waals surface area contributed by atoms with Gasteiger partial charge in [-0.1, -0.05) is 51.1 Å². The van der Waals surface area contributed by atoms with E-state index in [1.807, 2.05) is 12.1 Å². The standard InChI is InChI=1S/C23H29NO/c1-16(19-10-9-17-7-5-6-8-20(17)15-19)24-22(25)18-11-13-21(14-12-18)23(2,3)4/h9-16H,5-8H2,1-4H3,(H,24,25). The van der Waals surface area contributed by atoms with E-state index in [0.29, 0.717) is 0 Å². The average Bonchev–Trinajstić information content (AvgIpc) is 2.60. The first-order chi connectivity index (χ1) is 11.8. The molecule has 25 heavy (non-hydrogen) atoms. The second-order valence-electron chi connectivity index (χ2n) is 8.26. The molecule has 1 atom stereocenters. The molecule has 2 aromatic rings. The summed E-state index contributed by atoms with van der Waals surface area (Å²) in [5, 5.41) is 3.14. The Morgan fingerprint density at radius 3 is 2.24 bits per heavy atom. The van der Waals surface area contributed by atoms with Crippen molar-refractivity contribution in [1.82, 2.24) is 5.32 Å². The highest BCUT2D eigenvalue weighted by Crippen LogP contribution is 2.25. The van der Waals surface area contributed by atoms with Gasteiger partial charge in [0.1, 0.15) is 0 Å². The smallest absolute Gasteiger partial charge is 0.251 e. The summed E-state index contributed by atoms with van der Waals surface area (Å²) < 4.78 is 0. The number of aryl methyl sites for hydroxylation is 2. The van der Waals surface area contributed by atoms with E-state index in [4.69, 9.17) is 0 Å². The number of amides is 1. The van der Waals surface area contributed by atoms with E-state index in [1.54, 1.807) is 0 Å². The van der Waals surface area contributed by atoms with E-state index < -0.39 is 0 Å². The summed E-state index contributed by atoms with van der Waals surface area (Å²) in [6, 6.07) is 14.7. The van der Waals surface area contributed by atoms with Gasteiger partial charge in [0.25, 0.3) is 5.91 Å². The fourth-order valence-corrected chi connectivity index (χ4v) is 3.51. The lowest BCUT2D eigenvalue weighted by Crippen LogP contribution is -2.27. The maximum Gasteiger partial charge on any atom is 0.251 e. The fraction of sp³-hybridized carbons (Fsp3) is 0.435. The van der Waals surface area contributed by atoms with E-state index >= 15 is 0 Å². The van der Waals surface area contributed by atoms with Crippen molar-refractivity contribution in [2.75, 3.05) is 0 Å². The Labute approximate surface area is 151 Å². The number of hydrogen-bond donors (Lipinski definition) is 1. The number of hydrogen-bond acceptors (Lipinski definition) is 1. The third kappa shape index (κ3) is 4.12. The molecule has 0 aliphatic heterocycles. The van der Waals surface area contributed by atoms with Crippen molar-refractivity contribution in [3.05, 3.63) is 70.3 Å². The first-order valence-corrected chi connectivity index (χ1v) is 9.38. The molecule has 0 saturated carbocycles. The van der Waals surface area contributed by atoms with Crippen LogP contribution in [0.4, 0.5) is 0 Å². The van der Waals surface area contributed by atoms with Crippen LogP contribution in [-0.2, 0) is 18.3 Å². The van der Waals surface area contributed by atoms with Gasteiger partial charge in [0, 0.05) is 5.56 Å². The molecule has 0 heterocycles. The van der Waals surface area contributed by atoms with Crippen LogP contribution in [0.25, 0.3) is 0 Å². The van der Waals surface area contributed by atoms with Crippen LogP contribution in [0.3, 0.4) is 0 Å². The second-order valence-corrected chi connectivity index (χ2v) is 8.26. The van der Waals surface area contributed by atoms with Crippen molar-refractivity contribution in [2.45, 2.75) is 64.8 Å². The molecule has 1 amide bonds. The van der Waals surface area contributed by atoms with Gasteiger partial charge in [-0.3, -0.25) is 4.79 Å². The van der Waals surface area contributed by atoms with Crippen molar-refractivity contribution < 1.29 is 4.79 Å². The van der Waals surface area contributed by atoms with Crippen LogP contribution in [0.15, 0.2) is 42.5 Å². The van der Waals surface area contributed by atoms with E-state index in [0.717, 1.165) is 12.0 Å². The molecule has 3 rings (SSSR count). The summed E-state index contributed by atoms with van der Waals surface area (Å²) in [7, 11) is 0. The molecule has 1 aliphatic carbocycles. The average molecular weight is 335 g/mol. The van der Waals surface area contributed by atoms with Gasteiger partial charge in [0.15, 0.2) is 0 Å². The molecule has 0 bridgehead atoms. The highest BCUT2D eigenvalue weighted by atomic mass is 16.1. The molecule has 1 N–H and O–H groups in total. The number of nitrogens with one attached hydrogen (secondary N) is 1. The lowest BCUT2D eigenvalue weighted by molar-refractivity contribution is 0.0940. The van der Waals surface area contributed by atoms with Crippen molar-refractivity contribution in [3.8, 4) is 0 Å². The Kier molecular flexibility index (Phi) is 4.99. The number of carbonyl (C=O) groups excluding carboxylic acids is 1. The van der Waals surface area contributed by atoms with Gasteiger partial charge < -0.3 is 5.32 Å². The predicted octanol–water partition coefficient (Wildman–Crippen LogP) is 5.35. The molecule has 0 aromatic heterocycles. The predicted molar refractivity (Wildman–Crippen MR) is 104 cm³/mol. The highest BCUT2D eigenvalue weighted by molar-refractivity contribution is 5.94. The molecule has 2 heteroatoms. The zero-order valence-electron chi connectivity index (χ0n) is 15.9. The van der Waals surface area contributed by atoms with Crippen molar-refractivity contribution in [2.24, 2.45) is 0 Å². The molecule has 1 aliphatic rings. The molecule has 2 aromatic carbocycles. The monoisotopic (exact) mass is 335 g/mol. The fourth-order valence-electron chi connectivity index (χ4n) is 3.51. The van der Waals surface area contributed by atoms with Gasteiger partial charge in [0.2, 0.25) is 0 Å². The quantitative estimate of drug-likeness (QED) is 0.804. The molecular weight excluding hydrogens is 306 g/mol. The maximum absolute atomic E-state index is 12.6. The summed E-state index contributed by atoms with van der Waals surface area (Å²) in [5.74, 6) is -0.00863. The Morgan fingerprint density at radius 1 is 0.960 bits per heavy atom. The highest BCUT2D eigenvalue weighted by Gasteiger charge is 2.17. The van der Waals surface area contributed by atoms with Gasteiger partial charge in [-0.2, -0.15) is 0 Å². The Morgan fingerprint density at radius 2 is 1.60 bits per heavy atom. The molecule has 0 saturated heterocycles. The summed E-state index contributed by atoms with van der Waals surface area (Å²) in [4.78, 5) is 12.6. The van der Waals surface area contributed by atoms with Crippen LogP contribution < -0.4 is 5.32 Å². The van der Waals surface area contributed by atoms with Gasteiger partial charge in [-0.15, -0.1) is 0 Å². The van der Waals surface area contributed by atoms with Crippen LogP contribution in [0, 0.1) is 0 Å². The maximum atomic E-state index is 12.6. The normalized spacial score (nSPS) is 15.4. The minimum atomic E-state index is -0.00863. The molecular formula is C23H29NO. The van der Waals surface area contributed by atoms with Crippen LogP contribution in [0.5, 0.6) is 0 Å². The van der Waals surface area contributed by atoms with Gasteiger partial charge >= 0.3 is 0 Å². The summed E-state index contributed by atoms with van der Waals surface area (Å²) in [6.45, 7) is 8.60. The topological polar surface area (TPSA) is 29.1 Å². The lowest BCUT2D eigenvalue weighted by atomic mass is 9.86. The number of benzene rings is 2. The lowest BCUT2D eigenvalue weighted by Gasteiger charge is -2.21. The zero-order chi connectivity index (χ0) is 18.0. The summed E-state index contributed by atoms with van der Waals surface area (Å²) >= 11 is 0. The van der Waals surface area contributed by atoms with Crippen LogP contribution in [0.1, 0.15) is 79.2 Å². The van der Waals surface area contributed by atoms with E-state index in [1.165, 1.54) is 41.5 Å². The largest absolute Gasteiger partial charge is 0.346 e. The van der Waals surface area contributed by atoms with Crippen LogP contribution in [0.2, 0.25) is 0 Å². The molecule has 0 spiro atoms. The molecule has 0 fully saturated rings. The second kappa shape index (κ2) is 7.03. The van der Waals surface area contributed by atoms with E-state index in [2.05, 4.69) is 63.3 Å².